The zero-order valence-electron chi connectivity index (χ0n) is 14.9. The van der Waals surface area contributed by atoms with Crippen LogP contribution in [0.25, 0.3) is 0 Å². The molecule has 2 unspecified atom stereocenters. The van der Waals surface area contributed by atoms with Crippen molar-refractivity contribution in [2.75, 3.05) is 11.9 Å². The smallest absolute Gasteiger partial charge is 0.306 e. The number of carboxylic acid groups (broad SMARTS) is 1. The maximum absolute atomic E-state index is 12.5. The Bertz CT molecular complexity index is 688. The number of carbonyl (C=O) groups excluding carboxylic acids is 2. The molecule has 6 heteroatoms. The number of carboxylic acids is 1. The standard InChI is InChI=1S/C20H26N2O4/c23-18-9-1-2-10-22(18)13-14-5-3-8-17(11-14)21-19(24)15-6-4-7-16(12-15)20(25)26/h3,5,8,11,15-16H,1-2,4,6-7,9-10,12-13H2,(H,21,24)(H,25,26). The summed E-state index contributed by atoms with van der Waals surface area (Å²) in [6.45, 7) is 1.35. The van der Waals surface area contributed by atoms with Crippen LogP contribution in [-0.4, -0.2) is 34.3 Å². The molecule has 1 saturated heterocycles. The van der Waals surface area contributed by atoms with Crippen LogP contribution < -0.4 is 5.32 Å². The van der Waals surface area contributed by atoms with E-state index in [-0.39, 0.29) is 17.7 Å². The molecule has 6 nitrogen and oxygen atoms in total. The van der Waals surface area contributed by atoms with Crippen LogP contribution in [0.3, 0.4) is 0 Å². The number of rotatable bonds is 5. The molecule has 2 amide bonds. The third-order valence-corrected chi connectivity index (χ3v) is 5.38. The molecule has 0 radical (unpaired) electrons. The Morgan fingerprint density at radius 1 is 1.15 bits per heavy atom. The minimum atomic E-state index is -0.810. The number of nitrogens with one attached hydrogen (secondary N) is 1. The molecule has 3 rings (SSSR count). The van der Waals surface area contributed by atoms with Gasteiger partial charge in [0.15, 0.2) is 0 Å². The molecule has 2 aliphatic rings. The van der Waals surface area contributed by atoms with Crippen molar-refractivity contribution < 1.29 is 19.5 Å². The lowest BCUT2D eigenvalue weighted by molar-refractivity contribution is -0.143. The summed E-state index contributed by atoms with van der Waals surface area (Å²) in [4.78, 5) is 37.5. The molecule has 1 aromatic carbocycles. The summed E-state index contributed by atoms with van der Waals surface area (Å²) in [5.74, 6) is -1.40. The molecule has 1 heterocycles. The topological polar surface area (TPSA) is 86.7 Å². The molecule has 0 aromatic heterocycles. The molecular formula is C20H26N2O4. The van der Waals surface area contributed by atoms with Crippen molar-refractivity contribution in [3.05, 3.63) is 29.8 Å². The number of anilines is 1. The predicted molar refractivity (Wildman–Crippen MR) is 97.4 cm³/mol. The van der Waals surface area contributed by atoms with Crippen LogP contribution in [0.1, 0.15) is 50.5 Å². The molecule has 1 saturated carbocycles. The average molecular weight is 358 g/mol. The van der Waals surface area contributed by atoms with Crippen LogP contribution in [0.5, 0.6) is 0 Å². The van der Waals surface area contributed by atoms with Crippen LogP contribution in [-0.2, 0) is 20.9 Å². The summed E-state index contributed by atoms with van der Waals surface area (Å²) in [7, 11) is 0. The molecule has 1 aromatic rings. The SMILES string of the molecule is O=C(O)C1CCCC(C(=O)Nc2cccc(CN3CCCCC3=O)c2)C1. The van der Waals surface area contributed by atoms with Gasteiger partial charge in [-0.15, -0.1) is 0 Å². The summed E-state index contributed by atoms with van der Waals surface area (Å²) in [6, 6.07) is 7.56. The Balaban J connectivity index is 1.60. The highest BCUT2D eigenvalue weighted by molar-refractivity contribution is 5.93. The summed E-state index contributed by atoms with van der Waals surface area (Å²) < 4.78 is 0. The first-order valence-corrected chi connectivity index (χ1v) is 9.43. The highest BCUT2D eigenvalue weighted by Crippen LogP contribution is 2.30. The average Bonchev–Trinajstić information content (AvgIpc) is 2.64. The summed E-state index contributed by atoms with van der Waals surface area (Å²) >= 11 is 0. The second-order valence-electron chi connectivity index (χ2n) is 7.36. The van der Waals surface area contributed by atoms with E-state index >= 15 is 0 Å². The van der Waals surface area contributed by atoms with Crippen LogP contribution in [0.15, 0.2) is 24.3 Å². The second-order valence-corrected chi connectivity index (χ2v) is 7.36. The lowest BCUT2D eigenvalue weighted by Gasteiger charge is -2.27. The molecule has 140 valence electrons. The van der Waals surface area contributed by atoms with Gasteiger partial charge < -0.3 is 15.3 Å². The van der Waals surface area contributed by atoms with E-state index in [0.717, 1.165) is 37.8 Å². The predicted octanol–water partition coefficient (Wildman–Crippen LogP) is 3.03. The third-order valence-electron chi connectivity index (χ3n) is 5.38. The first-order valence-electron chi connectivity index (χ1n) is 9.43. The van der Waals surface area contributed by atoms with Gasteiger partial charge in [0.2, 0.25) is 11.8 Å². The highest BCUT2D eigenvalue weighted by atomic mass is 16.4. The molecule has 1 aliphatic carbocycles. The fourth-order valence-electron chi connectivity index (χ4n) is 3.89. The van der Waals surface area contributed by atoms with E-state index in [4.69, 9.17) is 0 Å². The lowest BCUT2D eigenvalue weighted by Crippen LogP contribution is -2.34. The van der Waals surface area contributed by atoms with Crippen LogP contribution in [0, 0.1) is 11.8 Å². The lowest BCUT2D eigenvalue weighted by atomic mass is 9.81. The Morgan fingerprint density at radius 2 is 1.96 bits per heavy atom. The van der Waals surface area contributed by atoms with E-state index in [0.29, 0.717) is 31.5 Å². The molecular weight excluding hydrogens is 332 g/mol. The number of aliphatic carboxylic acids is 1. The minimum Gasteiger partial charge on any atom is -0.481 e. The van der Waals surface area contributed by atoms with Crippen molar-refractivity contribution in [3.8, 4) is 0 Å². The Labute approximate surface area is 153 Å². The van der Waals surface area contributed by atoms with Gasteiger partial charge in [0, 0.05) is 31.1 Å². The van der Waals surface area contributed by atoms with Gasteiger partial charge in [-0.1, -0.05) is 18.6 Å². The van der Waals surface area contributed by atoms with Crippen LogP contribution in [0.4, 0.5) is 5.69 Å². The fraction of sp³-hybridized carbons (Fsp3) is 0.550. The maximum Gasteiger partial charge on any atom is 0.306 e. The number of likely N-dealkylation sites (tertiary alicyclic amines) is 1. The van der Waals surface area contributed by atoms with Crippen molar-refractivity contribution in [2.45, 2.75) is 51.5 Å². The quantitative estimate of drug-likeness (QED) is 0.847. The number of benzene rings is 1. The zero-order chi connectivity index (χ0) is 18.5. The largest absolute Gasteiger partial charge is 0.481 e. The van der Waals surface area contributed by atoms with Crippen molar-refractivity contribution in [2.24, 2.45) is 11.8 Å². The van der Waals surface area contributed by atoms with Crippen LogP contribution >= 0.6 is 0 Å². The van der Waals surface area contributed by atoms with Crippen molar-refractivity contribution >= 4 is 23.5 Å². The molecule has 0 spiro atoms. The van der Waals surface area contributed by atoms with Crippen molar-refractivity contribution in [1.29, 1.82) is 0 Å². The molecule has 2 fully saturated rings. The maximum atomic E-state index is 12.5. The number of nitrogens with zero attached hydrogens (tertiary/aromatic N) is 1. The van der Waals surface area contributed by atoms with Gasteiger partial charge in [0.05, 0.1) is 5.92 Å². The van der Waals surface area contributed by atoms with Gasteiger partial charge in [0.25, 0.3) is 0 Å². The zero-order valence-corrected chi connectivity index (χ0v) is 14.9. The first kappa shape index (κ1) is 18.4. The first-order chi connectivity index (χ1) is 12.5. The van der Waals surface area contributed by atoms with Crippen molar-refractivity contribution in [1.82, 2.24) is 4.90 Å². The number of hydrogen-bond donors (Lipinski definition) is 2. The molecule has 2 atom stereocenters. The van der Waals surface area contributed by atoms with Gasteiger partial charge in [-0.25, -0.2) is 0 Å². The molecule has 26 heavy (non-hydrogen) atoms. The second kappa shape index (κ2) is 8.34. The van der Waals surface area contributed by atoms with Gasteiger partial charge in [-0.05, 0) is 49.8 Å². The Hall–Kier alpha value is -2.37. The van der Waals surface area contributed by atoms with Gasteiger partial charge in [-0.2, -0.15) is 0 Å². The van der Waals surface area contributed by atoms with Crippen LogP contribution in [0.2, 0.25) is 0 Å². The summed E-state index contributed by atoms with van der Waals surface area (Å²) in [6.07, 6.45) is 5.17. The van der Waals surface area contributed by atoms with E-state index in [1.54, 1.807) is 0 Å². The van der Waals surface area contributed by atoms with Crippen molar-refractivity contribution in [3.63, 3.8) is 0 Å². The molecule has 1 aliphatic heterocycles. The van der Waals surface area contributed by atoms with E-state index in [1.807, 2.05) is 29.2 Å². The monoisotopic (exact) mass is 358 g/mol. The van der Waals surface area contributed by atoms with E-state index < -0.39 is 11.9 Å². The fourth-order valence-corrected chi connectivity index (χ4v) is 3.89. The number of hydrogen-bond acceptors (Lipinski definition) is 3. The number of carbonyl (C=O) groups is 3. The highest BCUT2D eigenvalue weighted by Gasteiger charge is 2.31. The normalized spacial score (nSPS) is 23.5. The number of piperidine rings is 1. The number of amides is 2. The summed E-state index contributed by atoms with van der Waals surface area (Å²) in [5.41, 5.74) is 1.69. The summed E-state index contributed by atoms with van der Waals surface area (Å²) in [5, 5.41) is 12.1. The van der Waals surface area contributed by atoms with E-state index in [2.05, 4.69) is 5.32 Å². The van der Waals surface area contributed by atoms with Gasteiger partial charge in [-0.3, -0.25) is 14.4 Å². The van der Waals surface area contributed by atoms with Gasteiger partial charge in [0.1, 0.15) is 0 Å². The molecule has 0 bridgehead atoms. The molecule has 2 N–H and O–H groups in total. The van der Waals surface area contributed by atoms with E-state index in [9.17, 15) is 19.5 Å². The Kier molecular flexibility index (Phi) is 5.91. The van der Waals surface area contributed by atoms with Gasteiger partial charge >= 0.3 is 5.97 Å². The third kappa shape index (κ3) is 4.62. The Morgan fingerprint density at radius 3 is 2.73 bits per heavy atom. The minimum absolute atomic E-state index is 0.109. The van der Waals surface area contributed by atoms with E-state index in [1.165, 1.54) is 0 Å².